The van der Waals surface area contributed by atoms with Gasteiger partial charge in [0.1, 0.15) is 0 Å². The first-order chi connectivity index (χ1) is 9.27. The molecule has 0 aliphatic heterocycles. The number of nitrogens with two attached hydrogens (primary N) is 1. The lowest BCUT2D eigenvalue weighted by molar-refractivity contribution is -0.152. The average molecular weight is 286 g/mol. The first-order valence-corrected chi connectivity index (χ1v) is 7.27. The fourth-order valence-electron chi connectivity index (χ4n) is 3.11. The molecule has 0 amide bonds. The largest absolute Gasteiger partial charge is 0.481 e. The number of hydrogen-bond acceptors (Lipinski definition) is 5. The Labute approximate surface area is 121 Å². The summed E-state index contributed by atoms with van der Waals surface area (Å²) in [5, 5.41) is 27.4. The van der Waals surface area contributed by atoms with E-state index in [4.69, 9.17) is 15.8 Å². The predicted molar refractivity (Wildman–Crippen MR) is 78.2 cm³/mol. The maximum absolute atomic E-state index is 11.6. The van der Waals surface area contributed by atoms with Gasteiger partial charge in [-0.3, -0.25) is 4.79 Å². The van der Waals surface area contributed by atoms with E-state index in [1.807, 2.05) is 14.1 Å². The second-order valence-electron chi connectivity index (χ2n) is 6.36. The monoisotopic (exact) mass is 286 g/mol. The molecule has 5 N–H and O–H groups in total. The zero-order valence-electron chi connectivity index (χ0n) is 12.5. The normalized spacial score (nSPS) is 30.5. The third-order valence-corrected chi connectivity index (χ3v) is 4.51. The molecule has 0 heterocycles. The summed E-state index contributed by atoms with van der Waals surface area (Å²) in [7, 11) is 2.57. The van der Waals surface area contributed by atoms with Crippen molar-refractivity contribution >= 4 is 13.1 Å². The fourth-order valence-corrected chi connectivity index (χ4v) is 3.11. The van der Waals surface area contributed by atoms with Crippen LogP contribution in [0.1, 0.15) is 32.1 Å². The number of carboxylic acids is 1. The van der Waals surface area contributed by atoms with E-state index in [-0.39, 0.29) is 18.8 Å². The van der Waals surface area contributed by atoms with Gasteiger partial charge < -0.3 is 25.8 Å². The van der Waals surface area contributed by atoms with Crippen LogP contribution in [0.4, 0.5) is 0 Å². The predicted octanol–water partition coefficient (Wildman–Crippen LogP) is -0.000600. The summed E-state index contributed by atoms with van der Waals surface area (Å²) in [4.78, 5) is 13.7. The Morgan fingerprint density at radius 1 is 1.45 bits per heavy atom. The Balaban J connectivity index is 2.62. The molecule has 7 heteroatoms. The van der Waals surface area contributed by atoms with Gasteiger partial charge in [0, 0.05) is 6.04 Å². The fraction of sp³-hybridized carbons (Fsp3) is 0.923. The van der Waals surface area contributed by atoms with Crippen molar-refractivity contribution in [1.29, 1.82) is 0 Å². The van der Waals surface area contributed by atoms with Gasteiger partial charge in [-0.2, -0.15) is 0 Å². The Morgan fingerprint density at radius 3 is 2.55 bits per heavy atom. The molecule has 0 bridgehead atoms. The minimum atomic E-state index is -1.45. The number of aliphatic carboxylic acids is 1. The number of carbonyl (C=O) groups is 1. The molecule has 1 aliphatic carbocycles. The number of rotatable bonds is 7. The molecule has 0 spiro atoms. The van der Waals surface area contributed by atoms with E-state index >= 15 is 0 Å². The minimum Gasteiger partial charge on any atom is -0.481 e. The maximum Gasteiger partial charge on any atom is 0.451 e. The lowest BCUT2D eigenvalue weighted by atomic mass is 9.63. The van der Waals surface area contributed by atoms with Gasteiger partial charge in [0.05, 0.1) is 5.41 Å². The molecular weight excluding hydrogens is 259 g/mol. The molecule has 0 aromatic rings. The molecule has 1 aliphatic rings. The van der Waals surface area contributed by atoms with Crippen LogP contribution in [-0.4, -0.2) is 59.8 Å². The molecule has 0 aromatic heterocycles. The number of hydrogen-bond donors (Lipinski definition) is 4. The van der Waals surface area contributed by atoms with E-state index in [9.17, 15) is 9.90 Å². The van der Waals surface area contributed by atoms with Gasteiger partial charge in [0.25, 0.3) is 0 Å². The number of carboxylic acid groups (broad SMARTS) is 1. The van der Waals surface area contributed by atoms with E-state index in [0.29, 0.717) is 18.8 Å². The molecule has 6 nitrogen and oxygen atoms in total. The minimum absolute atomic E-state index is 0.0847. The van der Waals surface area contributed by atoms with Crippen molar-refractivity contribution in [3.05, 3.63) is 0 Å². The highest BCUT2D eigenvalue weighted by atomic mass is 16.4. The van der Waals surface area contributed by atoms with Crippen LogP contribution < -0.4 is 5.73 Å². The van der Waals surface area contributed by atoms with Crippen LogP contribution in [0.25, 0.3) is 0 Å². The zero-order chi connectivity index (χ0) is 15.3. The van der Waals surface area contributed by atoms with E-state index in [0.717, 1.165) is 19.4 Å². The van der Waals surface area contributed by atoms with E-state index in [2.05, 4.69) is 4.90 Å². The van der Waals surface area contributed by atoms with Gasteiger partial charge in [-0.05, 0) is 65.0 Å². The van der Waals surface area contributed by atoms with Crippen LogP contribution in [-0.2, 0) is 4.79 Å². The number of nitrogens with zero attached hydrogens (tertiary/aromatic N) is 1. The molecule has 3 unspecified atom stereocenters. The van der Waals surface area contributed by atoms with Crippen molar-refractivity contribution in [3.63, 3.8) is 0 Å². The highest BCUT2D eigenvalue weighted by Gasteiger charge is 2.45. The van der Waals surface area contributed by atoms with Crippen LogP contribution in [0, 0.1) is 11.3 Å². The van der Waals surface area contributed by atoms with Crippen molar-refractivity contribution < 1.29 is 19.9 Å². The lowest BCUT2D eigenvalue weighted by Crippen LogP contribution is -2.47. The van der Waals surface area contributed by atoms with Crippen LogP contribution in [0.2, 0.25) is 6.32 Å². The van der Waals surface area contributed by atoms with Crippen LogP contribution in [0.3, 0.4) is 0 Å². The molecule has 0 saturated heterocycles. The van der Waals surface area contributed by atoms with Gasteiger partial charge in [0.2, 0.25) is 0 Å². The van der Waals surface area contributed by atoms with Crippen LogP contribution >= 0.6 is 0 Å². The van der Waals surface area contributed by atoms with E-state index in [1.165, 1.54) is 0 Å². The summed E-state index contributed by atoms with van der Waals surface area (Å²) in [5.41, 5.74) is 5.29. The van der Waals surface area contributed by atoms with Gasteiger partial charge in [-0.1, -0.05) is 0 Å². The summed E-state index contributed by atoms with van der Waals surface area (Å²) in [6.45, 7) is 0.952. The SMILES string of the molecule is CN(C)CCC1CCC(CCB(O)O)(C(=O)O)CC1N. The second kappa shape index (κ2) is 7.40. The van der Waals surface area contributed by atoms with Gasteiger partial charge in [-0.15, -0.1) is 0 Å². The Hall–Kier alpha value is -0.625. The van der Waals surface area contributed by atoms with Crippen LogP contribution in [0.5, 0.6) is 0 Å². The molecular formula is C13H27BN2O4. The van der Waals surface area contributed by atoms with Crippen molar-refractivity contribution in [2.45, 2.75) is 44.5 Å². The lowest BCUT2D eigenvalue weighted by Gasteiger charge is -2.41. The third kappa shape index (κ3) is 4.73. The zero-order valence-corrected chi connectivity index (χ0v) is 12.5. The quantitative estimate of drug-likeness (QED) is 0.491. The smallest absolute Gasteiger partial charge is 0.451 e. The average Bonchev–Trinajstić information content (AvgIpc) is 2.34. The topological polar surface area (TPSA) is 107 Å². The summed E-state index contributed by atoms with van der Waals surface area (Å²) < 4.78 is 0. The van der Waals surface area contributed by atoms with Crippen molar-refractivity contribution in [2.75, 3.05) is 20.6 Å². The standard InChI is InChI=1S/C13H27BN2O4/c1-16(2)8-4-10-3-5-13(12(17)18,9-11(10)15)6-7-14(19)20/h10-11,19-20H,3-9,15H2,1-2H3,(H,17,18). The molecule has 1 fully saturated rings. The molecule has 20 heavy (non-hydrogen) atoms. The first kappa shape index (κ1) is 17.4. The molecule has 116 valence electrons. The van der Waals surface area contributed by atoms with Crippen molar-refractivity contribution in [1.82, 2.24) is 4.90 Å². The molecule has 1 rings (SSSR count). The summed E-state index contributed by atoms with van der Waals surface area (Å²) in [5.74, 6) is -0.511. The second-order valence-corrected chi connectivity index (χ2v) is 6.36. The Kier molecular flexibility index (Phi) is 6.45. The highest BCUT2D eigenvalue weighted by molar-refractivity contribution is 6.41. The molecule has 3 atom stereocenters. The summed E-state index contributed by atoms with van der Waals surface area (Å²) in [6, 6.07) is -0.129. The van der Waals surface area contributed by atoms with Gasteiger partial charge in [0.15, 0.2) is 0 Å². The van der Waals surface area contributed by atoms with Crippen molar-refractivity contribution in [3.8, 4) is 0 Å². The van der Waals surface area contributed by atoms with Gasteiger partial charge >= 0.3 is 13.1 Å². The maximum atomic E-state index is 11.6. The third-order valence-electron chi connectivity index (χ3n) is 4.51. The molecule has 0 aromatic carbocycles. The Morgan fingerprint density at radius 2 is 2.10 bits per heavy atom. The highest BCUT2D eigenvalue weighted by Crippen LogP contribution is 2.43. The Bertz CT molecular complexity index is 327. The van der Waals surface area contributed by atoms with Crippen molar-refractivity contribution in [2.24, 2.45) is 17.1 Å². The summed E-state index contributed by atoms with van der Waals surface area (Å²) >= 11 is 0. The first-order valence-electron chi connectivity index (χ1n) is 7.27. The van der Waals surface area contributed by atoms with Crippen LogP contribution in [0.15, 0.2) is 0 Å². The van der Waals surface area contributed by atoms with Gasteiger partial charge in [-0.25, -0.2) is 0 Å². The molecule has 0 radical (unpaired) electrons. The van der Waals surface area contributed by atoms with E-state index < -0.39 is 18.5 Å². The summed E-state index contributed by atoms with van der Waals surface area (Å²) in [6.07, 6.45) is 3.12. The molecule has 1 saturated carbocycles. The van der Waals surface area contributed by atoms with E-state index in [1.54, 1.807) is 0 Å².